The second kappa shape index (κ2) is 5.60. The summed E-state index contributed by atoms with van der Waals surface area (Å²) >= 11 is 7.65. The van der Waals surface area contributed by atoms with E-state index in [4.69, 9.17) is 17.3 Å². The highest BCUT2D eigenvalue weighted by molar-refractivity contribution is 14.1. The summed E-state index contributed by atoms with van der Waals surface area (Å²) in [7, 11) is 0. The number of halogens is 2. The lowest BCUT2D eigenvalue weighted by molar-refractivity contribution is 1.32. The van der Waals surface area contributed by atoms with E-state index in [-0.39, 0.29) is 0 Å². The van der Waals surface area contributed by atoms with Crippen LogP contribution in [0, 0.1) is 3.57 Å². The van der Waals surface area contributed by atoms with E-state index < -0.39 is 0 Å². The van der Waals surface area contributed by atoms with Crippen molar-refractivity contribution in [1.82, 2.24) is 4.98 Å². The number of nitrogens with two attached hydrogens (primary N) is 1. The third-order valence-corrected chi connectivity index (χ3v) is 1.99. The SMILES string of the molecule is CC.Nc1cnc(Cl)cc1I. The van der Waals surface area contributed by atoms with Crippen molar-refractivity contribution < 1.29 is 0 Å². The average molecular weight is 285 g/mol. The largest absolute Gasteiger partial charge is 0.397 e. The van der Waals surface area contributed by atoms with Crippen molar-refractivity contribution >= 4 is 39.9 Å². The molecule has 0 unspecified atom stereocenters. The summed E-state index contributed by atoms with van der Waals surface area (Å²) in [6, 6.07) is 1.72. The predicted octanol–water partition coefficient (Wildman–Crippen LogP) is 2.95. The molecule has 0 aromatic carbocycles. The Kier molecular flexibility index (Phi) is 5.58. The fourth-order valence-corrected chi connectivity index (χ4v) is 1.19. The van der Waals surface area contributed by atoms with E-state index in [9.17, 15) is 0 Å². The fourth-order valence-electron chi connectivity index (χ4n) is 0.418. The molecular formula is C7H10ClIN2. The third-order valence-electron chi connectivity index (χ3n) is 0.849. The van der Waals surface area contributed by atoms with Crippen molar-refractivity contribution in [3.05, 3.63) is 21.0 Å². The number of rotatable bonds is 0. The molecule has 0 bridgehead atoms. The molecule has 2 N–H and O–H groups in total. The molecule has 1 rings (SSSR count). The van der Waals surface area contributed by atoms with Gasteiger partial charge >= 0.3 is 0 Å². The lowest BCUT2D eigenvalue weighted by Gasteiger charge is -1.94. The van der Waals surface area contributed by atoms with Crippen LogP contribution < -0.4 is 5.73 Å². The Labute approximate surface area is 85.3 Å². The monoisotopic (exact) mass is 284 g/mol. The highest BCUT2D eigenvalue weighted by Gasteiger charge is 1.94. The van der Waals surface area contributed by atoms with Gasteiger partial charge in [0.15, 0.2) is 0 Å². The van der Waals surface area contributed by atoms with Crippen molar-refractivity contribution in [1.29, 1.82) is 0 Å². The van der Waals surface area contributed by atoms with Crippen LogP contribution >= 0.6 is 34.2 Å². The maximum Gasteiger partial charge on any atom is 0.130 e. The predicted molar refractivity (Wildman–Crippen MR) is 57.7 cm³/mol. The fraction of sp³-hybridized carbons (Fsp3) is 0.286. The van der Waals surface area contributed by atoms with Gasteiger partial charge in [-0.05, 0) is 28.7 Å². The zero-order valence-electron chi connectivity index (χ0n) is 6.44. The number of nitrogen functional groups attached to an aromatic ring is 1. The van der Waals surface area contributed by atoms with Crippen LogP contribution in [0.5, 0.6) is 0 Å². The number of aromatic nitrogens is 1. The molecule has 1 aromatic rings. The summed E-state index contributed by atoms with van der Waals surface area (Å²) in [4.78, 5) is 3.78. The van der Waals surface area contributed by atoms with Gasteiger partial charge in [-0.15, -0.1) is 0 Å². The van der Waals surface area contributed by atoms with E-state index in [1.54, 1.807) is 12.3 Å². The Morgan fingerprint density at radius 2 is 2.09 bits per heavy atom. The summed E-state index contributed by atoms with van der Waals surface area (Å²) in [6.45, 7) is 4.00. The van der Waals surface area contributed by atoms with Gasteiger partial charge in [0.25, 0.3) is 0 Å². The third kappa shape index (κ3) is 3.76. The van der Waals surface area contributed by atoms with Crippen LogP contribution in [-0.4, -0.2) is 4.98 Å². The first-order chi connectivity index (χ1) is 5.20. The van der Waals surface area contributed by atoms with Crippen LogP contribution in [0.2, 0.25) is 5.15 Å². The first-order valence-electron chi connectivity index (χ1n) is 3.26. The minimum absolute atomic E-state index is 0.480. The normalized spacial score (nSPS) is 8.36. The van der Waals surface area contributed by atoms with Crippen molar-refractivity contribution in [3.63, 3.8) is 0 Å². The quantitative estimate of drug-likeness (QED) is 0.587. The van der Waals surface area contributed by atoms with Gasteiger partial charge in [-0.2, -0.15) is 0 Å². The molecule has 0 aliphatic carbocycles. The Bertz CT molecular complexity index is 228. The molecule has 4 heteroatoms. The average Bonchev–Trinajstić information content (AvgIpc) is 2.02. The number of hydrogen-bond donors (Lipinski definition) is 1. The van der Waals surface area contributed by atoms with Gasteiger partial charge in [0, 0.05) is 3.57 Å². The number of anilines is 1. The van der Waals surface area contributed by atoms with Gasteiger partial charge in [-0.25, -0.2) is 4.98 Å². The van der Waals surface area contributed by atoms with Gasteiger partial charge in [0.2, 0.25) is 0 Å². The van der Waals surface area contributed by atoms with Crippen LogP contribution in [0.4, 0.5) is 5.69 Å². The van der Waals surface area contributed by atoms with Crippen molar-refractivity contribution in [3.8, 4) is 0 Å². The van der Waals surface area contributed by atoms with Crippen LogP contribution in [0.3, 0.4) is 0 Å². The Morgan fingerprint density at radius 1 is 1.55 bits per heavy atom. The standard InChI is InChI=1S/C5H4ClIN2.C2H6/c6-5-1-3(7)4(8)2-9-5;1-2/h1-2H,8H2;1-2H3. The maximum atomic E-state index is 5.55. The zero-order valence-corrected chi connectivity index (χ0v) is 9.35. The molecule has 0 atom stereocenters. The van der Waals surface area contributed by atoms with Crippen LogP contribution in [-0.2, 0) is 0 Å². The minimum Gasteiger partial charge on any atom is -0.397 e. The van der Waals surface area contributed by atoms with Crippen LogP contribution in [0.1, 0.15) is 13.8 Å². The second-order valence-electron chi connectivity index (χ2n) is 1.53. The minimum atomic E-state index is 0.480. The van der Waals surface area contributed by atoms with Crippen molar-refractivity contribution in [2.45, 2.75) is 13.8 Å². The smallest absolute Gasteiger partial charge is 0.130 e. The molecule has 0 spiro atoms. The van der Waals surface area contributed by atoms with E-state index in [1.165, 1.54) is 0 Å². The molecule has 1 heterocycles. The molecule has 1 aromatic heterocycles. The highest BCUT2D eigenvalue weighted by atomic mass is 127. The molecule has 0 saturated carbocycles. The molecule has 0 radical (unpaired) electrons. The summed E-state index contributed by atoms with van der Waals surface area (Å²) < 4.78 is 0.938. The van der Waals surface area contributed by atoms with Crippen LogP contribution in [0.25, 0.3) is 0 Å². The van der Waals surface area contributed by atoms with Crippen molar-refractivity contribution in [2.75, 3.05) is 5.73 Å². The topological polar surface area (TPSA) is 38.9 Å². The first-order valence-corrected chi connectivity index (χ1v) is 4.72. The second-order valence-corrected chi connectivity index (χ2v) is 3.08. The zero-order chi connectivity index (χ0) is 8.85. The highest BCUT2D eigenvalue weighted by Crippen LogP contribution is 2.15. The van der Waals surface area contributed by atoms with E-state index >= 15 is 0 Å². The molecule has 0 aliphatic rings. The molecule has 2 nitrogen and oxygen atoms in total. The summed E-state index contributed by atoms with van der Waals surface area (Å²) in [5, 5.41) is 0.480. The van der Waals surface area contributed by atoms with E-state index in [1.807, 2.05) is 13.8 Å². The summed E-state index contributed by atoms with van der Waals surface area (Å²) in [5.74, 6) is 0. The molecule has 62 valence electrons. The molecule has 0 fully saturated rings. The Hall–Kier alpha value is -0.0300. The Morgan fingerprint density at radius 3 is 2.45 bits per heavy atom. The molecular weight excluding hydrogens is 274 g/mol. The van der Waals surface area contributed by atoms with E-state index in [2.05, 4.69) is 27.6 Å². The molecule has 0 saturated heterocycles. The first kappa shape index (κ1) is 11.0. The number of hydrogen-bond acceptors (Lipinski definition) is 2. The number of nitrogens with zero attached hydrogens (tertiary/aromatic N) is 1. The van der Waals surface area contributed by atoms with Gasteiger partial charge < -0.3 is 5.73 Å². The number of pyridine rings is 1. The lowest BCUT2D eigenvalue weighted by atomic mass is 10.4. The Balaban J connectivity index is 0.000000461. The van der Waals surface area contributed by atoms with Crippen molar-refractivity contribution in [2.24, 2.45) is 0 Å². The van der Waals surface area contributed by atoms with E-state index in [0.29, 0.717) is 10.8 Å². The lowest BCUT2D eigenvalue weighted by Crippen LogP contribution is -1.89. The van der Waals surface area contributed by atoms with Crippen LogP contribution in [0.15, 0.2) is 12.3 Å². The van der Waals surface area contributed by atoms with Gasteiger partial charge in [0.05, 0.1) is 11.9 Å². The molecule has 0 amide bonds. The summed E-state index contributed by atoms with van der Waals surface area (Å²) in [5.41, 5.74) is 6.13. The maximum absolute atomic E-state index is 5.55. The molecule has 0 aliphatic heterocycles. The molecule has 11 heavy (non-hydrogen) atoms. The van der Waals surface area contributed by atoms with Gasteiger partial charge in [-0.3, -0.25) is 0 Å². The van der Waals surface area contributed by atoms with E-state index in [0.717, 1.165) is 3.57 Å². The van der Waals surface area contributed by atoms with Gasteiger partial charge in [0.1, 0.15) is 5.15 Å². The van der Waals surface area contributed by atoms with Gasteiger partial charge in [-0.1, -0.05) is 25.4 Å². The summed E-state index contributed by atoms with van der Waals surface area (Å²) in [6.07, 6.45) is 1.55.